The van der Waals surface area contributed by atoms with E-state index >= 15 is 0 Å². The number of hydrogen-bond acceptors (Lipinski definition) is 2. The Morgan fingerprint density at radius 1 is 1.38 bits per heavy atom. The van der Waals surface area contributed by atoms with Gasteiger partial charge in [0.05, 0.1) is 6.20 Å². The molecule has 0 aliphatic carbocycles. The van der Waals surface area contributed by atoms with Gasteiger partial charge in [0, 0.05) is 6.20 Å². The summed E-state index contributed by atoms with van der Waals surface area (Å²) in [6, 6.07) is 1.32. The Labute approximate surface area is 73.4 Å². The highest BCUT2D eigenvalue weighted by Crippen LogP contribution is 2.22. The first-order chi connectivity index (χ1) is 6.01. The molecule has 0 unspecified atom stereocenters. The summed E-state index contributed by atoms with van der Waals surface area (Å²) in [5.41, 5.74) is 0.710. The van der Waals surface area contributed by atoms with E-state index in [0.29, 0.717) is 12.0 Å². The van der Waals surface area contributed by atoms with Crippen LogP contribution in [0.5, 0.6) is 5.75 Å². The number of pyridine rings is 1. The molecule has 1 rings (SSSR count). The minimum absolute atomic E-state index is 0.271. The average Bonchev–Trinajstić information content (AvgIpc) is 2.01. The third-order valence-corrected chi connectivity index (χ3v) is 1.41. The molecule has 0 radical (unpaired) electrons. The number of hydrogen-bond donors (Lipinski definition) is 0. The average molecular weight is 191 g/mol. The summed E-state index contributed by atoms with van der Waals surface area (Å²) in [5.74, 6) is -0.271. The molecule has 0 atom stereocenters. The lowest BCUT2D eigenvalue weighted by Gasteiger charge is -2.08. The van der Waals surface area contributed by atoms with E-state index in [-0.39, 0.29) is 5.75 Å². The highest BCUT2D eigenvalue weighted by molar-refractivity contribution is 5.23. The zero-order valence-corrected chi connectivity index (χ0v) is 6.93. The van der Waals surface area contributed by atoms with E-state index in [1.807, 2.05) is 6.92 Å². The van der Waals surface area contributed by atoms with Gasteiger partial charge in [0.15, 0.2) is 0 Å². The van der Waals surface area contributed by atoms with E-state index in [4.69, 9.17) is 0 Å². The Kier molecular flexibility index (Phi) is 2.75. The van der Waals surface area contributed by atoms with Crippen LogP contribution in [0.1, 0.15) is 12.5 Å². The molecular formula is C8H8F3NO. The number of ether oxygens (including phenoxy) is 1. The summed E-state index contributed by atoms with van der Waals surface area (Å²) < 4.78 is 38.9. The molecule has 0 bridgehead atoms. The molecule has 72 valence electrons. The molecule has 0 aromatic carbocycles. The van der Waals surface area contributed by atoms with Crippen LogP contribution in [0.3, 0.4) is 0 Å². The van der Waals surface area contributed by atoms with Crippen molar-refractivity contribution in [2.45, 2.75) is 19.7 Å². The predicted molar refractivity (Wildman–Crippen MR) is 40.3 cm³/mol. The van der Waals surface area contributed by atoms with Gasteiger partial charge in [0.1, 0.15) is 5.75 Å². The quantitative estimate of drug-likeness (QED) is 0.716. The van der Waals surface area contributed by atoms with Crippen LogP contribution >= 0.6 is 0 Å². The molecule has 0 aliphatic heterocycles. The second kappa shape index (κ2) is 3.64. The van der Waals surface area contributed by atoms with Crippen molar-refractivity contribution in [3.8, 4) is 5.75 Å². The standard InChI is InChI=1S/C8H8F3NO/c1-2-6-3-7(5-12-4-6)13-8(9,10)11/h3-5H,2H2,1H3. The molecule has 0 spiro atoms. The van der Waals surface area contributed by atoms with Crippen LogP contribution in [0.2, 0.25) is 0 Å². The van der Waals surface area contributed by atoms with Gasteiger partial charge in [-0.2, -0.15) is 0 Å². The molecule has 0 saturated carbocycles. The topological polar surface area (TPSA) is 22.1 Å². The fraction of sp³-hybridized carbons (Fsp3) is 0.375. The van der Waals surface area contributed by atoms with Crippen LogP contribution in [0, 0.1) is 0 Å². The van der Waals surface area contributed by atoms with E-state index in [1.165, 1.54) is 12.3 Å². The molecule has 0 aliphatic rings. The Morgan fingerprint density at radius 3 is 2.62 bits per heavy atom. The van der Waals surface area contributed by atoms with E-state index < -0.39 is 6.36 Å². The van der Waals surface area contributed by atoms with Gasteiger partial charge in [-0.25, -0.2) is 0 Å². The zero-order valence-electron chi connectivity index (χ0n) is 6.93. The first-order valence-corrected chi connectivity index (χ1v) is 3.71. The molecular weight excluding hydrogens is 183 g/mol. The molecule has 0 amide bonds. The second-order valence-electron chi connectivity index (χ2n) is 2.43. The summed E-state index contributed by atoms with van der Waals surface area (Å²) in [5, 5.41) is 0. The maximum atomic E-state index is 11.7. The van der Waals surface area contributed by atoms with Crippen LogP contribution in [0.4, 0.5) is 13.2 Å². The van der Waals surface area contributed by atoms with E-state index in [2.05, 4.69) is 9.72 Å². The largest absolute Gasteiger partial charge is 0.573 e. The summed E-state index contributed by atoms with van der Waals surface area (Å²) in [7, 11) is 0. The molecule has 1 aromatic heterocycles. The van der Waals surface area contributed by atoms with Gasteiger partial charge < -0.3 is 4.74 Å². The van der Waals surface area contributed by atoms with Gasteiger partial charge in [-0.3, -0.25) is 4.98 Å². The minimum Gasteiger partial charge on any atom is -0.404 e. The highest BCUT2D eigenvalue weighted by atomic mass is 19.4. The highest BCUT2D eigenvalue weighted by Gasteiger charge is 2.31. The van der Waals surface area contributed by atoms with E-state index in [1.54, 1.807) is 0 Å². The number of rotatable bonds is 2. The van der Waals surface area contributed by atoms with Crippen LogP contribution in [-0.4, -0.2) is 11.3 Å². The van der Waals surface area contributed by atoms with E-state index in [9.17, 15) is 13.2 Å². The number of halogens is 3. The number of aromatic nitrogens is 1. The van der Waals surface area contributed by atoms with Crippen molar-refractivity contribution < 1.29 is 17.9 Å². The normalized spacial score (nSPS) is 11.4. The fourth-order valence-corrected chi connectivity index (χ4v) is 0.847. The van der Waals surface area contributed by atoms with Gasteiger partial charge in [-0.15, -0.1) is 13.2 Å². The molecule has 1 aromatic rings. The monoisotopic (exact) mass is 191 g/mol. The molecule has 2 nitrogen and oxygen atoms in total. The van der Waals surface area contributed by atoms with Crippen LogP contribution in [-0.2, 0) is 6.42 Å². The SMILES string of the molecule is CCc1cncc(OC(F)(F)F)c1. The van der Waals surface area contributed by atoms with Gasteiger partial charge in [-0.05, 0) is 18.1 Å². The maximum Gasteiger partial charge on any atom is 0.573 e. The third-order valence-electron chi connectivity index (χ3n) is 1.41. The van der Waals surface area contributed by atoms with Crippen molar-refractivity contribution in [2.75, 3.05) is 0 Å². The Bertz CT molecular complexity index is 285. The third kappa shape index (κ3) is 3.31. The zero-order chi connectivity index (χ0) is 9.90. The Morgan fingerprint density at radius 2 is 2.08 bits per heavy atom. The number of alkyl halides is 3. The van der Waals surface area contributed by atoms with Crippen molar-refractivity contribution in [2.24, 2.45) is 0 Å². The second-order valence-corrected chi connectivity index (χ2v) is 2.43. The lowest BCUT2D eigenvalue weighted by atomic mass is 10.2. The van der Waals surface area contributed by atoms with Crippen molar-refractivity contribution in [3.63, 3.8) is 0 Å². The van der Waals surface area contributed by atoms with Gasteiger partial charge in [0.2, 0.25) is 0 Å². The molecule has 0 fully saturated rings. The predicted octanol–water partition coefficient (Wildman–Crippen LogP) is 2.54. The summed E-state index contributed by atoms with van der Waals surface area (Å²) in [4.78, 5) is 3.61. The summed E-state index contributed by atoms with van der Waals surface area (Å²) in [6.45, 7) is 1.83. The number of aryl methyl sites for hydroxylation is 1. The minimum atomic E-state index is -4.64. The molecule has 13 heavy (non-hydrogen) atoms. The summed E-state index contributed by atoms with van der Waals surface area (Å²) in [6.07, 6.45) is -1.48. The smallest absolute Gasteiger partial charge is 0.404 e. The van der Waals surface area contributed by atoms with Crippen LogP contribution < -0.4 is 4.74 Å². The Balaban J connectivity index is 2.78. The van der Waals surface area contributed by atoms with Gasteiger partial charge >= 0.3 is 6.36 Å². The maximum absolute atomic E-state index is 11.7. The molecule has 5 heteroatoms. The molecule has 0 N–H and O–H groups in total. The fourth-order valence-electron chi connectivity index (χ4n) is 0.847. The van der Waals surface area contributed by atoms with E-state index in [0.717, 1.165) is 6.20 Å². The van der Waals surface area contributed by atoms with Gasteiger partial charge in [-0.1, -0.05) is 6.92 Å². The first-order valence-electron chi connectivity index (χ1n) is 3.71. The molecule has 1 heterocycles. The van der Waals surface area contributed by atoms with Crippen molar-refractivity contribution in [3.05, 3.63) is 24.0 Å². The van der Waals surface area contributed by atoms with Crippen LogP contribution in [0.25, 0.3) is 0 Å². The van der Waals surface area contributed by atoms with Gasteiger partial charge in [0.25, 0.3) is 0 Å². The summed E-state index contributed by atoms with van der Waals surface area (Å²) >= 11 is 0. The van der Waals surface area contributed by atoms with Crippen molar-refractivity contribution in [1.82, 2.24) is 4.98 Å². The first kappa shape index (κ1) is 9.83. The lowest BCUT2D eigenvalue weighted by molar-refractivity contribution is -0.274. The van der Waals surface area contributed by atoms with Crippen LogP contribution in [0.15, 0.2) is 18.5 Å². The number of nitrogens with zero attached hydrogens (tertiary/aromatic N) is 1. The Hall–Kier alpha value is -1.26. The van der Waals surface area contributed by atoms with Crippen molar-refractivity contribution in [1.29, 1.82) is 0 Å². The van der Waals surface area contributed by atoms with Crippen molar-refractivity contribution >= 4 is 0 Å². The molecule has 0 saturated heterocycles. The lowest BCUT2D eigenvalue weighted by Crippen LogP contribution is -2.17.